The van der Waals surface area contributed by atoms with Crippen molar-refractivity contribution in [2.75, 3.05) is 6.61 Å². The molecule has 5 nitrogen and oxygen atoms in total. The largest absolute Gasteiger partial charge is 0.384 e. The van der Waals surface area contributed by atoms with E-state index >= 15 is 0 Å². The molecule has 0 fully saturated rings. The molecule has 1 heterocycles. The van der Waals surface area contributed by atoms with Gasteiger partial charge in [0.25, 0.3) is 5.91 Å². The van der Waals surface area contributed by atoms with E-state index in [4.69, 9.17) is 5.11 Å². The minimum atomic E-state index is -0.201. The molecule has 1 unspecified atom stereocenters. The number of hydrogen-bond acceptors (Lipinski definition) is 3. The molecule has 1 aromatic heterocycles. The number of aromatic nitrogens is 2. The summed E-state index contributed by atoms with van der Waals surface area (Å²) in [6.07, 6.45) is 3.43. The smallest absolute Gasteiger partial charge is 0.252 e. The molecule has 0 aliphatic carbocycles. The third kappa shape index (κ3) is 3.50. The van der Waals surface area contributed by atoms with Gasteiger partial charge in [-0.15, -0.1) is 0 Å². The van der Waals surface area contributed by atoms with Gasteiger partial charge < -0.3 is 10.4 Å². The lowest BCUT2D eigenvalue weighted by atomic mass is 10.0. The SMILES string of the molecule is Cc1c(C#CCO)cccc1C(=O)NC(C)c1cn[nH]c1. The molecule has 108 valence electrons. The van der Waals surface area contributed by atoms with Gasteiger partial charge in [-0.3, -0.25) is 9.89 Å². The van der Waals surface area contributed by atoms with Crippen molar-refractivity contribution in [1.82, 2.24) is 15.5 Å². The van der Waals surface area contributed by atoms with Crippen LogP contribution in [0.4, 0.5) is 0 Å². The van der Waals surface area contributed by atoms with Gasteiger partial charge in [-0.05, 0) is 31.5 Å². The molecule has 3 N–H and O–H groups in total. The standard InChI is InChI=1S/C16H17N3O2/c1-11-13(6-4-8-20)5-3-7-15(11)16(21)19-12(2)14-9-17-18-10-14/h3,5,7,9-10,12,20H,8H2,1-2H3,(H,17,18)(H,19,21). The van der Waals surface area contributed by atoms with Gasteiger partial charge in [0.2, 0.25) is 0 Å². The van der Waals surface area contributed by atoms with Crippen molar-refractivity contribution in [3.8, 4) is 11.8 Å². The minimum absolute atomic E-state index is 0.136. The summed E-state index contributed by atoms with van der Waals surface area (Å²) < 4.78 is 0. The zero-order valence-corrected chi connectivity index (χ0v) is 12.0. The highest BCUT2D eigenvalue weighted by atomic mass is 16.2. The fourth-order valence-electron chi connectivity index (χ4n) is 2.01. The van der Waals surface area contributed by atoms with Crippen LogP contribution >= 0.6 is 0 Å². The van der Waals surface area contributed by atoms with Gasteiger partial charge in [0.1, 0.15) is 6.61 Å². The normalized spacial score (nSPS) is 11.4. The summed E-state index contributed by atoms with van der Waals surface area (Å²) in [7, 11) is 0. The van der Waals surface area contributed by atoms with E-state index in [9.17, 15) is 4.79 Å². The molecule has 5 heteroatoms. The Morgan fingerprint density at radius 3 is 3.00 bits per heavy atom. The van der Waals surface area contributed by atoms with E-state index in [2.05, 4.69) is 27.4 Å². The molecule has 1 atom stereocenters. The predicted octanol–water partition coefficient (Wildman–Crippen LogP) is 1.55. The first-order valence-corrected chi connectivity index (χ1v) is 6.62. The highest BCUT2D eigenvalue weighted by molar-refractivity contribution is 5.96. The number of rotatable bonds is 3. The van der Waals surface area contributed by atoms with E-state index in [0.29, 0.717) is 5.56 Å². The van der Waals surface area contributed by atoms with Gasteiger partial charge in [0.05, 0.1) is 12.2 Å². The average molecular weight is 283 g/mol. The van der Waals surface area contributed by atoms with E-state index in [1.807, 2.05) is 19.9 Å². The lowest BCUT2D eigenvalue weighted by Gasteiger charge is -2.14. The molecule has 1 amide bonds. The van der Waals surface area contributed by atoms with Crippen LogP contribution in [0, 0.1) is 18.8 Å². The fraction of sp³-hybridized carbons (Fsp3) is 0.250. The van der Waals surface area contributed by atoms with Crippen molar-refractivity contribution in [2.24, 2.45) is 0 Å². The maximum Gasteiger partial charge on any atom is 0.252 e. The maximum absolute atomic E-state index is 12.4. The fourth-order valence-corrected chi connectivity index (χ4v) is 2.01. The number of amides is 1. The summed E-state index contributed by atoms with van der Waals surface area (Å²) in [4.78, 5) is 12.4. The summed E-state index contributed by atoms with van der Waals surface area (Å²) >= 11 is 0. The molecule has 0 saturated carbocycles. The van der Waals surface area contributed by atoms with Gasteiger partial charge in [0, 0.05) is 22.9 Å². The number of H-pyrrole nitrogens is 1. The Balaban J connectivity index is 2.19. The number of benzene rings is 1. The van der Waals surface area contributed by atoms with Gasteiger partial charge in [0.15, 0.2) is 0 Å². The first-order chi connectivity index (χ1) is 10.1. The number of carbonyl (C=O) groups excluding carboxylic acids is 1. The van der Waals surface area contributed by atoms with Gasteiger partial charge in [-0.2, -0.15) is 5.10 Å². The minimum Gasteiger partial charge on any atom is -0.384 e. The van der Waals surface area contributed by atoms with Crippen LogP contribution in [-0.2, 0) is 0 Å². The third-order valence-electron chi connectivity index (χ3n) is 3.25. The van der Waals surface area contributed by atoms with Gasteiger partial charge in [-0.1, -0.05) is 17.9 Å². The lowest BCUT2D eigenvalue weighted by molar-refractivity contribution is 0.0939. The second-order valence-electron chi connectivity index (χ2n) is 4.66. The van der Waals surface area contributed by atoms with Crippen LogP contribution in [0.5, 0.6) is 0 Å². The summed E-state index contributed by atoms with van der Waals surface area (Å²) in [6.45, 7) is 3.54. The molecular weight excluding hydrogens is 266 g/mol. The Labute approximate surface area is 123 Å². The van der Waals surface area contributed by atoms with Crippen LogP contribution in [0.1, 0.15) is 40.0 Å². The highest BCUT2D eigenvalue weighted by Gasteiger charge is 2.15. The van der Waals surface area contributed by atoms with Crippen LogP contribution in [-0.4, -0.2) is 27.8 Å². The molecule has 1 aromatic carbocycles. The Hall–Kier alpha value is -2.58. The maximum atomic E-state index is 12.4. The van der Waals surface area contributed by atoms with Crippen LogP contribution in [0.15, 0.2) is 30.6 Å². The van der Waals surface area contributed by atoms with Crippen LogP contribution in [0.25, 0.3) is 0 Å². The van der Waals surface area contributed by atoms with Crippen molar-refractivity contribution < 1.29 is 9.90 Å². The molecule has 0 aliphatic heterocycles. The molecule has 0 spiro atoms. The molecule has 0 aliphatic rings. The van der Waals surface area contributed by atoms with E-state index < -0.39 is 0 Å². The van der Waals surface area contributed by atoms with E-state index in [1.54, 1.807) is 24.5 Å². The quantitative estimate of drug-likeness (QED) is 0.748. The summed E-state index contributed by atoms with van der Waals surface area (Å²) in [5, 5.41) is 18.3. The van der Waals surface area contributed by atoms with E-state index in [0.717, 1.165) is 16.7 Å². The highest BCUT2D eigenvalue weighted by Crippen LogP contribution is 2.15. The second-order valence-corrected chi connectivity index (χ2v) is 4.66. The number of aromatic amines is 1. The lowest BCUT2D eigenvalue weighted by Crippen LogP contribution is -2.27. The molecule has 0 radical (unpaired) electrons. The summed E-state index contributed by atoms with van der Waals surface area (Å²) in [5.41, 5.74) is 3.04. The Morgan fingerprint density at radius 2 is 2.33 bits per heavy atom. The molecule has 0 saturated heterocycles. The average Bonchev–Trinajstić information content (AvgIpc) is 3.00. The monoisotopic (exact) mass is 283 g/mol. The second kappa shape index (κ2) is 6.73. The van der Waals surface area contributed by atoms with Crippen molar-refractivity contribution in [2.45, 2.75) is 19.9 Å². The topological polar surface area (TPSA) is 78.0 Å². The molecule has 21 heavy (non-hydrogen) atoms. The number of nitrogens with one attached hydrogen (secondary N) is 2. The Kier molecular flexibility index (Phi) is 4.75. The van der Waals surface area contributed by atoms with Gasteiger partial charge in [-0.25, -0.2) is 0 Å². The Morgan fingerprint density at radius 1 is 1.52 bits per heavy atom. The number of aliphatic hydroxyl groups excluding tert-OH is 1. The van der Waals surface area contributed by atoms with Crippen molar-refractivity contribution in [3.05, 3.63) is 52.8 Å². The number of nitrogens with zero attached hydrogens (tertiary/aromatic N) is 1. The molecule has 0 bridgehead atoms. The zero-order chi connectivity index (χ0) is 15.2. The number of aliphatic hydroxyl groups is 1. The number of carbonyl (C=O) groups is 1. The summed E-state index contributed by atoms with van der Waals surface area (Å²) in [5.74, 6) is 5.28. The van der Waals surface area contributed by atoms with E-state index in [1.165, 1.54) is 0 Å². The molecular formula is C16H17N3O2. The molecule has 2 aromatic rings. The van der Waals surface area contributed by atoms with Crippen LogP contribution in [0.2, 0.25) is 0 Å². The third-order valence-corrected chi connectivity index (χ3v) is 3.25. The van der Waals surface area contributed by atoms with Crippen LogP contribution in [0.3, 0.4) is 0 Å². The van der Waals surface area contributed by atoms with E-state index in [-0.39, 0.29) is 18.6 Å². The predicted molar refractivity (Wildman–Crippen MR) is 79.6 cm³/mol. The van der Waals surface area contributed by atoms with Crippen LogP contribution < -0.4 is 5.32 Å². The summed E-state index contributed by atoms with van der Waals surface area (Å²) in [6, 6.07) is 5.24. The first-order valence-electron chi connectivity index (χ1n) is 6.62. The van der Waals surface area contributed by atoms with Crippen molar-refractivity contribution in [3.63, 3.8) is 0 Å². The first kappa shape index (κ1) is 14.8. The Bertz CT molecular complexity index is 681. The number of hydrogen-bond donors (Lipinski definition) is 3. The van der Waals surface area contributed by atoms with Crippen molar-refractivity contribution in [1.29, 1.82) is 0 Å². The molecule has 2 rings (SSSR count). The van der Waals surface area contributed by atoms with Crippen molar-refractivity contribution >= 4 is 5.91 Å². The zero-order valence-electron chi connectivity index (χ0n) is 12.0. The van der Waals surface area contributed by atoms with Gasteiger partial charge >= 0.3 is 0 Å².